The van der Waals surface area contributed by atoms with E-state index in [1.807, 2.05) is 16.0 Å². The molecule has 2 aliphatic heterocycles. The van der Waals surface area contributed by atoms with E-state index in [1.54, 1.807) is 10.8 Å². The summed E-state index contributed by atoms with van der Waals surface area (Å²) in [7, 11) is 1.24. The Balaban J connectivity index is 1.39. The predicted octanol–water partition coefficient (Wildman–Crippen LogP) is -1.46. The maximum absolute atomic E-state index is 13.1. The number of nitrogen functional groups attached to an aromatic ring is 1. The number of hydrogen-bond acceptors (Lipinski definition) is 12. The Morgan fingerprint density at radius 3 is 2.84 bits per heavy atom. The van der Waals surface area contributed by atoms with E-state index >= 15 is 0 Å². The quantitative estimate of drug-likeness (QED) is 0.100. The number of carboxylic acids is 1. The number of nitrogens with two attached hydrogens (primary N) is 2. The lowest BCUT2D eigenvalue weighted by molar-refractivity contribution is -0.694. The van der Waals surface area contributed by atoms with Gasteiger partial charge in [-0.05, 0) is 0 Å². The fourth-order valence-electron chi connectivity index (χ4n) is 4.25. The van der Waals surface area contributed by atoms with Crippen LogP contribution in [0.4, 0.5) is 5.13 Å². The summed E-state index contributed by atoms with van der Waals surface area (Å²) in [6.45, 7) is 0.140. The Hall–Kier alpha value is -4.03. The molecule has 0 saturated carbocycles. The molecule has 0 unspecified atom stereocenters. The van der Waals surface area contributed by atoms with Crippen molar-refractivity contribution in [3.8, 4) is 0 Å². The zero-order valence-electron chi connectivity index (χ0n) is 19.6. The zero-order valence-corrected chi connectivity index (χ0v) is 22.0. The molecule has 3 amide bonds. The summed E-state index contributed by atoms with van der Waals surface area (Å²) in [5.74, 6) is -2.35. The van der Waals surface area contributed by atoms with E-state index in [0.29, 0.717) is 11.4 Å². The zero-order chi connectivity index (χ0) is 27.1. The minimum Gasteiger partial charge on any atom is -0.477 e. The van der Waals surface area contributed by atoms with Crippen LogP contribution < -0.4 is 21.4 Å². The number of hydrogen-bond donors (Lipinski definition) is 4. The predicted molar refractivity (Wildman–Crippen MR) is 136 cm³/mol. The van der Waals surface area contributed by atoms with Gasteiger partial charge in [0, 0.05) is 28.2 Å². The number of primary amides is 1. The molecule has 5 heterocycles. The molecule has 3 aromatic heterocycles. The number of aliphatic carboxylic acids is 1. The smallest absolute Gasteiger partial charge is 0.352 e. The van der Waals surface area contributed by atoms with Gasteiger partial charge in [-0.1, -0.05) is 16.5 Å². The summed E-state index contributed by atoms with van der Waals surface area (Å²) >= 11 is 3.63. The van der Waals surface area contributed by atoms with Crippen LogP contribution >= 0.6 is 34.6 Å². The van der Waals surface area contributed by atoms with Gasteiger partial charge >= 0.3 is 5.97 Å². The molecule has 0 radical (unpaired) electrons. The molecule has 15 nitrogen and oxygen atoms in total. The van der Waals surface area contributed by atoms with E-state index in [0.717, 1.165) is 21.3 Å². The average Bonchev–Trinajstić information content (AvgIpc) is 3.58. The number of carboxylic acid groups (broad SMARTS) is 1. The number of anilines is 1. The fraction of sp³-hybridized carbons (Fsp3) is 0.300. The SMILES string of the molecule is CO/N=C(\C(=O)N[C@@H]1C(=O)N2C(C(=O)O)=C(C[n+]3cc4sccn4c3CC(N)=O)CS[C@H]12)c1nsc(N)n1. The Bertz CT molecular complexity index is 1540. The minimum atomic E-state index is -1.27. The van der Waals surface area contributed by atoms with E-state index in [4.69, 9.17) is 16.3 Å². The molecule has 6 N–H and O–H groups in total. The molecule has 2 atom stereocenters. The van der Waals surface area contributed by atoms with Gasteiger partial charge in [-0.15, -0.1) is 11.8 Å². The Labute approximate surface area is 225 Å². The summed E-state index contributed by atoms with van der Waals surface area (Å²) in [5.41, 5.74) is 11.1. The average molecular weight is 579 g/mol. The van der Waals surface area contributed by atoms with Crippen molar-refractivity contribution in [2.24, 2.45) is 10.9 Å². The lowest BCUT2D eigenvalue weighted by atomic mass is 10.0. The van der Waals surface area contributed by atoms with Gasteiger partial charge in [0.05, 0.1) is 0 Å². The van der Waals surface area contributed by atoms with Gasteiger partial charge in [-0.25, -0.2) is 9.36 Å². The first-order chi connectivity index (χ1) is 18.2. The fourth-order valence-corrected chi connectivity index (χ4v) is 6.81. The first kappa shape index (κ1) is 25.6. The van der Waals surface area contributed by atoms with Crippen LogP contribution in [0.25, 0.3) is 4.83 Å². The van der Waals surface area contributed by atoms with Crippen molar-refractivity contribution >= 4 is 74.0 Å². The number of oxime groups is 1. The highest BCUT2D eigenvalue weighted by molar-refractivity contribution is 8.00. The molecule has 38 heavy (non-hydrogen) atoms. The number of aromatic nitrogens is 4. The van der Waals surface area contributed by atoms with Crippen LogP contribution in [-0.4, -0.2) is 77.4 Å². The van der Waals surface area contributed by atoms with Crippen molar-refractivity contribution in [3.05, 3.63) is 40.7 Å². The van der Waals surface area contributed by atoms with Gasteiger partial charge in [0.25, 0.3) is 17.6 Å². The van der Waals surface area contributed by atoms with Crippen molar-refractivity contribution in [2.75, 3.05) is 18.6 Å². The number of carbonyl (C=O) groups is 4. The van der Waals surface area contributed by atoms with Crippen LogP contribution in [0.3, 0.4) is 0 Å². The maximum Gasteiger partial charge on any atom is 0.352 e. The number of thioether (sulfide) groups is 1. The third-order valence-corrected chi connectivity index (χ3v) is 8.48. The van der Waals surface area contributed by atoms with Crippen LogP contribution in [0.5, 0.6) is 0 Å². The third kappa shape index (κ3) is 4.45. The Kier molecular flexibility index (Phi) is 6.76. The summed E-state index contributed by atoms with van der Waals surface area (Å²) in [6, 6.07) is -1.00. The van der Waals surface area contributed by atoms with Gasteiger partial charge in [0.1, 0.15) is 49.6 Å². The second kappa shape index (κ2) is 10.0. The molecule has 0 bridgehead atoms. The maximum atomic E-state index is 13.1. The van der Waals surface area contributed by atoms with Crippen molar-refractivity contribution in [1.82, 2.24) is 24.0 Å². The summed E-state index contributed by atoms with van der Waals surface area (Å²) in [4.78, 5) is 60.6. The lowest BCUT2D eigenvalue weighted by Gasteiger charge is -2.49. The molecule has 0 aromatic carbocycles. The summed E-state index contributed by atoms with van der Waals surface area (Å²) < 4.78 is 7.53. The normalized spacial score (nSPS) is 19.3. The van der Waals surface area contributed by atoms with Crippen LogP contribution in [0.1, 0.15) is 11.6 Å². The molecule has 0 spiro atoms. The molecule has 2 aliphatic rings. The van der Waals surface area contributed by atoms with Crippen LogP contribution in [-0.2, 0) is 37.0 Å². The molecule has 18 heteroatoms. The van der Waals surface area contributed by atoms with Gasteiger partial charge in [-0.2, -0.15) is 13.8 Å². The second-order valence-corrected chi connectivity index (χ2v) is 10.9. The number of nitrogens with one attached hydrogen (secondary N) is 1. The van der Waals surface area contributed by atoms with Gasteiger partial charge in [0.2, 0.25) is 22.3 Å². The standard InChI is InChI=1S/C20H19N9O6S3/c1-35-25-12(15-24-20(22)38-26-15)16(31)23-13-17(32)29-14(19(33)34)8(7-37-18(13)29)5-27-6-11-28(2-3-36-11)10(27)4-9(21)30/h2-3,6,13,18H,4-5,7H2,1H3,(H5-,21,22,23,24,26,30,31,33,34)/p+1/b25-12-/t13-,18-/m1/s1. The molecule has 0 aliphatic carbocycles. The van der Waals surface area contributed by atoms with E-state index in [-0.39, 0.29) is 41.1 Å². The summed E-state index contributed by atoms with van der Waals surface area (Å²) in [5, 5.41) is 17.6. The number of thiazole rings is 1. The second-order valence-electron chi connectivity index (χ2n) is 8.12. The molecule has 1 fully saturated rings. The Morgan fingerprint density at radius 2 is 2.18 bits per heavy atom. The number of imidazole rings is 1. The Morgan fingerprint density at radius 1 is 1.39 bits per heavy atom. The van der Waals surface area contributed by atoms with Crippen LogP contribution in [0, 0.1) is 0 Å². The molecular formula is C20H20N9O6S3+. The highest BCUT2D eigenvalue weighted by Crippen LogP contribution is 2.40. The van der Waals surface area contributed by atoms with Gasteiger partial charge in [0.15, 0.2) is 5.13 Å². The van der Waals surface area contributed by atoms with Crippen LogP contribution in [0.15, 0.2) is 34.2 Å². The van der Waals surface area contributed by atoms with Crippen molar-refractivity contribution in [1.29, 1.82) is 0 Å². The van der Waals surface area contributed by atoms with Crippen molar-refractivity contribution in [2.45, 2.75) is 24.4 Å². The number of rotatable bonds is 9. The first-order valence-corrected chi connectivity index (χ1v) is 13.6. The van der Waals surface area contributed by atoms with Crippen molar-refractivity contribution in [3.63, 3.8) is 0 Å². The first-order valence-electron chi connectivity index (χ1n) is 10.9. The van der Waals surface area contributed by atoms with E-state index in [2.05, 4.69) is 19.8 Å². The number of nitrogens with zero attached hydrogens (tertiary/aromatic N) is 6. The van der Waals surface area contributed by atoms with E-state index in [1.165, 1.54) is 30.2 Å². The highest BCUT2D eigenvalue weighted by atomic mass is 32.2. The van der Waals surface area contributed by atoms with Gasteiger partial charge in [-0.3, -0.25) is 19.3 Å². The molecule has 5 rings (SSSR count). The number of amides is 3. The van der Waals surface area contributed by atoms with Crippen LogP contribution in [0.2, 0.25) is 0 Å². The number of fused-ring (bicyclic) bond motifs is 2. The van der Waals surface area contributed by atoms with Gasteiger partial charge < -0.3 is 26.7 Å². The van der Waals surface area contributed by atoms with Crippen molar-refractivity contribution < 1.29 is 33.7 Å². The number of carbonyl (C=O) groups excluding carboxylic acids is 3. The molecule has 3 aromatic rings. The minimum absolute atomic E-state index is 0.0437. The monoisotopic (exact) mass is 578 g/mol. The number of β-lactam (4-membered cyclic amide) rings is 1. The summed E-state index contributed by atoms with van der Waals surface area (Å²) in [6.07, 6.45) is 3.57. The van der Waals surface area contributed by atoms with E-state index < -0.39 is 35.1 Å². The largest absolute Gasteiger partial charge is 0.477 e. The van der Waals surface area contributed by atoms with E-state index in [9.17, 15) is 24.3 Å². The molecule has 198 valence electrons. The topological polar surface area (TPSA) is 211 Å². The third-order valence-electron chi connectivity index (χ3n) is 5.79. The molecule has 1 saturated heterocycles. The highest BCUT2D eigenvalue weighted by Gasteiger charge is 2.54. The molecular weight excluding hydrogens is 558 g/mol. The lowest BCUT2D eigenvalue weighted by Crippen LogP contribution is -2.71.